The maximum Gasteiger partial charge on any atom is 0.416 e. The summed E-state index contributed by atoms with van der Waals surface area (Å²) in [5.74, 6) is -1.01. The summed E-state index contributed by atoms with van der Waals surface area (Å²) < 4.78 is 38.2. The average Bonchev–Trinajstić information content (AvgIpc) is 3.06. The number of hydrogen-bond donors (Lipinski definition) is 1. The third-order valence-corrected chi connectivity index (χ3v) is 4.44. The quantitative estimate of drug-likeness (QED) is 0.606. The van der Waals surface area contributed by atoms with Gasteiger partial charge in [0.2, 0.25) is 0 Å². The van der Waals surface area contributed by atoms with E-state index in [2.05, 4.69) is 10.2 Å². The molecule has 1 heterocycles. The zero-order valence-electron chi connectivity index (χ0n) is 16.3. The molecule has 0 aliphatic carbocycles. The van der Waals surface area contributed by atoms with Crippen molar-refractivity contribution in [3.63, 3.8) is 0 Å². The number of carbonyl (C=O) groups is 1. The van der Waals surface area contributed by atoms with Crippen molar-refractivity contribution in [3.8, 4) is 5.69 Å². The highest BCUT2D eigenvalue weighted by Crippen LogP contribution is 2.29. The van der Waals surface area contributed by atoms with Crippen molar-refractivity contribution in [2.45, 2.75) is 19.6 Å². The molecule has 156 valence electrons. The first kappa shape index (κ1) is 21.1. The molecule has 0 bridgehead atoms. The second kappa shape index (κ2) is 8.40. The van der Waals surface area contributed by atoms with Gasteiger partial charge < -0.3 is 10.0 Å². The molecule has 1 aromatic heterocycles. The fraction of sp³-hybridized carbons (Fsp3) is 0.190. The van der Waals surface area contributed by atoms with Crippen LogP contribution in [-0.4, -0.2) is 33.1 Å². The number of anilines is 1. The Morgan fingerprint density at radius 2 is 1.73 bits per heavy atom. The van der Waals surface area contributed by atoms with Gasteiger partial charge in [-0.15, -0.1) is 0 Å². The Morgan fingerprint density at radius 1 is 1.10 bits per heavy atom. The van der Waals surface area contributed by atoms with Gasteiger partial charge in [0.1, 0.15) is 5.69 Å². The lowest BCUT2D eigenvalue weighted by Crippen LogP contribution is -2.17. The number of benzene rings is 2. The summed E-state index contributed by atoms with van der Waals surface area (Å²) >= 11 is 0. The van der Waals surface area contributed by atoms with Crippen LogP contribution in [0.25, 0.3) is 11.8 Å². The highest BCUT2D eigenvalue weighted by Gasteiger charge is 2.30. The summed E-state index contributed by atoms with van der Waals surface area (Å²) in [5, 5.41) is 17.4. The van der Waals surface area contributed by atoms with Crippen LogP contribution >= 0.6 is 0 Å². The van der Waals surface area contributed by atoms with Gasteiger partial charge in [-0.25, -0.2) is 4.79 Å². The number of aryl methyl sites for hydroxylation is 1. The summed E-state index contributed by atoms with van der Waals surface area (Å²) in [6.07, 6.45) is -1.81. The standard InChI is InChI=1S/C21H19F3N4O2/c1-14-19(13-27(2)17-8-3-15(4-9-17)5-12-20(29)30)26-28(25-14)18-10-6-16(7-11-18)21(22,23)24/h3-12H,13H2,1-2H3,(H,29,30)/b12-5+. The second-order valence-corrected chi connectivity index (χ2v) is 6.69. The van der Waals surface area contributed by atoms with Crippen LogP contribution < -0.4 is 4.90 Å². The van der Waals surface area contributed by atoms with E-state index in [-0.39, 0.29) is 0 Å². The van der Waals surface area contributed by atoms with Gasteiger partial charge in [-0.3, -0.25) is 0 Å². The molecule has 0 spiro atoms. The summed E-state index contributed by atoms with van der Waals surface area (Å²) in [7, 11) is 1.87. The molecule has 3 aromatic rings. The number of aliphatic carboxylic acids is 1. The lowest BCUT2D eigenvalue weighted by molar-refractivity contribution is -0.137. The Kier molecular flexibility index (Phi) is 5.91. The number of alkyl halides is 3. The number of halogens is 3. The predicted molar refractivity (Wildman–Crippen MR) is 106 cm³/mol. The summed E-state index contributed by atoms with van der Waals surface area (Å²) in [5.41, 5.74) is 2.73. The van der Waals surface area contributed by atoms with E-state index < -0.39 is 17.7 Å². The van der Waals surface area contributed by atoms with Gasteiger partial charge in [0.15, 0.2) is 0 Å². The maximum absolute atomic E-state index is 12.7. The van der Waals surface area contributed by atoms with Crippen molar-refractivity contribution in [1.29, 1.82) is 0 Å². The molecule has 0 atom stereocenters. The Hall–Kier alpha value is -3.62. The largest absolute Gasteiger partial charge is 0.478 e. The van der Waals surface area contributed by atoms with Gasteiger partial charge in [0.25, 0.3) is 0 Å². The minimum Gasteiger partial charge on any atom is -0.478 e. The second-order valence-electron chi connectivity index (χ2n) is 6.69. The van der Waals surface area contributed by atoms with Crippen molar-refractivity contribution < 1.29 is 23.1 Å². The van der Waals surface area contributed by atoms with E-state index in [1.54, 1.807) is 19.1 Å². The van der Waals surface area contributed by atoms with Crippen LogP contribution in [0.4, 0.5) is 18.9 Å². The minimum atomic E-state index is -4.39. The number of aromatic nitrogens is 3. The molecule has 0 amide bonds. The van der Waals surface area contributed by atoms with Crippen molar-refractivity contribution in [2.24, 2.45) is 0 Å². The zero-order chi connectivity index (χ0) is 21.9. The monoisotopic (exact) mass is 416 g/mol. The average molecular weight is 416 g/mol. The molecule has 0 aliphatic rings. The van der Waals surface area contributed by atoms with Gasteiger partial charge in [-0.1, -0.05) is 12.1 Å². The van der Waals surface area contributed by atoms with Crippen LogP contribution in [0.2, 0.25) is 0 Å². The molecular weight excluding hydrogens is 397 g/mol. The van der Waals surface area contributed by atoms with Gasteiger partial charge in [0, 0.05) is 18.8 Å². The van der Waals surface area contributed by atoms with Crippen molar-refractivity contribution in [2.75, 3.05) is 11.9 Å². The maximum atomic E-state index is 12.7. The highest BCUT2D eigenvalue weighted by atomic mass is 19.4. The Balaban J connectivity index is 1.73. The molecule has 1 N–H and O–H groups in total. The molecule has 2 aromatic carbocycles. The van der Waals surface area contributed by atoms with Crippen LogP contribution in [0.15, 0.2) is 54.6 Å². The fourth-order valence-corrected chi connectivity index (χ4v) is 2.78. The SMILES string of the molecule is Cc1nn(-c2ccc(C(F)(F)F)cc2)nc1CN(C)c1ccc(/C=C/C(=O)O)cc1. The van der Waals surface area contributed by atoms with E-state index in [0.717, 1.165) is 29.5 Å². The zero-order valence-corrected chi connectivity index (χ0v) is 16.3. The number of rotatable bonds is 6. The molecule has 0 fully saturated rings. The first-order valence-corrected chi connectivity index (χ1v) is 8.96. The molecule has 30 heavy (non-hydrogen) atoms. The smallest absolute Gasteiger partial charge is 0.416 e. The van der Waals surface area contributed by atoms with Crippen LogP contribution in [-0.2, 0) is 17.5 Å². The van der Waals surface area contributed by atoms with Gasteiger partial charge in [0.05, 0.1) is 23.5 Å². The van der Waals surface area contributed by atoms with Crippen LogP contribution in [0.3, 0.4) is 0 Å². The van der Waals surface area contributed by atoms with E-state index in [1.165, 1.54) is 23.0 Å². The lowest BCUT2D eigenvalue weighted by Gasteiger charge is -2.18. The van der Waals surface area contributed by atoms with E-state index in [1.807, 2.05) is 24.1 Å². The van der Waals surface area contributed by atoms with Gasteiger partial charge in [-0.05, 0) is 55.0 Å². The van der Waals surface area contributed by atoms with Crippen LogP contribution in [0, 0.1) is 6.92 Å². The normalized spacial score (nSPS) is 11.8. The molecule has 9 heteroatoms. The number of hydrogen-bond acceptors (Lipinski definition) is 4. The molecular formula is C21H19F3N4O2. The van der Waals surface area contributed by atoms with Crippen molar-refractivity contribution in [3.05, 3.63) is 77.1 Å². The van der Waals surface area contributed by atoms with E-state index in [0.29, 0.717) is 23.6 Å². The van der Waals surface area contributed by atoms with Crippen molar-refractivity contribution in [1.82, 2.24) is 15.0 Å². The topological polar surface area (TPSA) is 71.2 Å². The number of carboxylic acid groups (broad SMARTS) is 1. The van der Waals surface area contributed by atoms with Crippen LogP contribution in [0.5, 0.6) is 0 Å². The number of nitrogens with zero attached hydrogens (tertiary/aromatic N) is 4. The summed E-state index contributed by atoms with van der Waals surface area (Å²) in [6, 6.07) is 12.0. The number of carboxylic acids is 1. The third-order valence-electron chi connectivity index (χ3n) is 4.44. The van der Waals surface area contributed by atoms with E-state index in [4.69, 9.17) is 5.11 Å². The van der Waals surface area contributed by atoms with Crippen molar-refractivity contribution >= 4 is 17.7 Å². The van der Waals surface area contributed by atoms with Gasteiger partial charge in [-0.2, -0.15) is 28.2 Å². The molecule has 0 aliphatic heterocycles. The molecule has 0 saturated heterocycles. The molecule has 0 radical (unpaired) electrons. The Morgan fingerprint density at radius 3 is 2.30 bits per heavy atom. The third kappa shape index (κ3) is 5.05. The Bertz CT molecular complexity index is 1060. The molecule has 0 unspecified atom stereocenters. The predicted octanol–water partition coefficient (Wildman–Crippen LogP) is 4.33. The van der Waals surface area contributed by atoms with Crippen LogP contribution in [0.1, 0.15) is 22.5 Å². The van der Waals surface area contributed by atoms with Gasteiger partial charge >= 0.3 is 12.1 Å². The van der Waals surface area contributed by atoms with E-state index >= 15 is 0 Å². The summed E-state index contributed by atoms with van der Waals surface area (Å²) in [6.45, 7) is 2.23. The molecule has 3 rings (SSSR count). The highest BCUT2D eigenvalue weighted by molar-refractivity contribution is 5.85. The first-order chi connectivity index (χ1) is 14.1. The molecule has 6 nitrogen and oxygen atoms in total. The lowest BCUT2D eigenvalue weighted by atomic mass is 10.2. The minimum absolute atomic E-state index is 0.439. The summed E-state index contributed by atoms with van der Waals surface area (Å²) in [4.78, 5) is 13.8. The fourth-order valence-electron chi connectivity index (χ4n) is 2.78. The Labute approximate surface area is 170 Å². The molecule has 0 saturated carbocycles. The van der Waals surface area contributed by atoms with E-state index in [9.17, 15) is 18.0 Å². The first-order valence-electron chi connectivity index (χ1n) is 8.96.